The Balaban J connectivity index is 1.99. The SMILES string of the molecule is N#Cc1c(N2CCc3ccccc3CC2)[nH]c(=S)[nH]c1=O. The van der Waals surface area contributed by atoms with Crippen molar-refractivity contribution in [1.82, 2.24) is 9.97 Å². The summed E-state index contributed by atoms with van der Waals surface area (Å²) in [6, 6.07) is 10.3. The topological polar surface area (TPSA) is 75.7 Å². The number of nitriles is 1. The van der Waals surface area contributed by atoms with E-state index in [1.807, 2.05) is 23.1 Å². The molecule has 0 amide bonds. The van der Waals surface area contributed by atoms with Crippen molar-refractivity contribution in [3.8, 4) is 6.07 Å². The number of aromatic nitrogens is 2. The van der Waals surface area contributed by atoms with E-state index in [0.29, 0.717) is 5.82 Å². The number of anilines is 1. The van der Waals surface area contributed by atoms with Crippen LogP contribution in [0.5, 0.6) is 0 Å². The third-order valence-corrected chi connectivity index (χ3v) is 3.98. The van der Waals surface area contributed by atoms with Crippen molar-refractivity contribution in [2.45, 2.75) is 12.8 Å². The number of fused-ring (bicyclic) bond motifs is 1. The predicted octanol–water partition coefficient (Wildman–Crippen LogP) is 1.91. The van der Waals surface area contributed by atoms with Crippen molar-refractivity contribution in [3.05, 3.63) is 56.1 Å². The Morgan fingerprint density at radius 3 is 2.33 bits per heavy atom. The van der Waals surface area contributed by atoms with Crippen molar-refractivity contribution in [2.24, 2.45) is 0 Å². The van der Waals surface area contributed by atoms with E-state index in [2.05, 4.69) is 22.1 Å². The van der Waals surface area contributed by atoms with Crippen LogP contribution in [0, 0.1) is 16.1 Å². The van der Waals surface area contributed by atoms with Gasteiger partial charge in [-0.3, -0.25) is 9.78 Å². The minimum Gasteiger partial charge on any atom is -0.356 e. The van der Waals surface area contributed by atoms with Gasteiger partial charge >= 0.3 is 0 Å². The van der Waals surface area contributed by atoms with E-state index in [1.54, 1.807) is 0 Å². The molecule has 0 atom stereocenters. The molecule has 0 radical (unpaired) electrons. The van der Waals surface area contributed by atoms with Gasteiger partial charge in [-0.1, -0.05) is 24.3 Å². The molecule has 2 heterocycles. The van der Waals surface area contributed by atoms with Crippen LogP contribution in [-0.4, -0.2) is 23.1 Å². The van der Waals surface area contributed by atoms with Crippen LogP contribution in [0.1, 0.15) is 16.7 Å². The van der Waals surface area contributed by atoms with Gasteiger partial charge in [0.1, 0.15) is 11.9 Å². The van der Waals surface area contributed by atoms with Gasteiger partial charge in [-0.2, -0.15) is 5.26 Å². The number of nitrogens with zero attached hydrogens (tertiary/aromatic N) is 2. The Bertz CT molecular complexity index is 804. The summed E-state index contributed by atoms with van der Waals surface area (Å²) < 4.78 is 0.246. The molecule has 1 aromatic carbocycles. The normalized spacial score (nSPS) is 14.1. The Kier molecular flexibility index (Phi) is 3.59. The van der Waals surface area contributed by atoms with Crippen molar-refractivity contribution >= 4 is 18.0 Å². The lowest BCUT2D eigenvalue weighted by molar-refractivity contribution is 0.782. The van der Waals surface area contributed by atoms with E-state index in [-0.39, 0.29) is 10.3 Å². The summed E-state index contributed by atoms with van der Waals surface area (Å²) in [6.45, 7) is 1.50. The summed E-state index contributed by atoms with van der Waals surface area (Å²) in [7, 11) is 0. The van der Waals surface area contributed by atoms with Crippen LogP contribution in [0.4, 0.5) is 5.82 Å². The summed E-state index contributed by atoms with van der Waals surface area (Å²) in [6.07, 6.45) is 1.77. The first-order chi connectivity index (χ1) is 10.2. The van der Waals surface area contributed by atoms with Gasteiger partial charge in [0.05, 0.1) is 0 Å². The molecule has 0 fully saturated rings. The summed E-state index contributed by atoms with van der Waals surface area (Å²) in [5.41, 5.74) is 2.30. The molecule has 2 N–H and O–H groups in total. The second kappa shape index (κ2) is 5.54. The summed E-state index contributed by atoms with van der Waals surface area (Å²) in [5, 5.41) is 9.21. The van der Waals surface area contributed by atoms with Crippen LogP contribution < -0.4 is 10.5 Å². The summed E-state index contributed by atoms with van der Waals surface area (Å²) >= 11 is 5.02. The minimum atomic E-state index is -0.432. The number of nitrogens with one attached hydrogen (secondary N) is 2. The van der Waals surface area contributed by atoms with Crippen LogP contribution in [-0.2, 0) is 12.8 Å². The largest absolute Gasteiger partial charge is 0.356 e. The number of hydrogen-bond donors (Lipinski definition) is 2. The number of rotatable bonds is 1. The molecule has 0 unspecified atom stereocenters. The monoisotopic (exact) mass is 298 g/mol. The average molecular weight is 298 g/mol. The van der Waals surface area contributed by atoms with Crippen molar-refractivity contribution < 1.29 is 0 Å². The molecule has 1 aromatic heterocycles. The highest BCUT2D eigenvalue weighted by Gasteiger charge is 2.18. The van der Waals surface area contributed by atoms with Crippen LogP contribution >= 0.6 is 12.2 Å². The Morgan fingerprint density at radius 1 is 1.14 bits per heavy atom. The zero-order chi connectivity index (χ0) is 14.8. The molecular formula is C15H14N4OS. The van der Waals surface area contributed by atoms with Gasteiger partial charge in [0.2, 0.25) is 0 Å². The third-order valence-electron chi connectivity index (χ3n) is 3.77. The van der Waals surface area contributed by atoms with Crippen molar-refractivity contribution in [2.75, 3.05) is 18.0 Å². The first kappa shape index (κ1) is 13.6. The lowest BCUT2D eigenvalue weighted by Crippen LogP contribution is -2.30. The molecule has 1 aliphatic rings. The molecule has 6 heteroatoms. The molecule has 5 nitrogen and oxygen atoms in total. The zero-order valence-corrected chi connectivity index (χ0v) is 12.2. The fraction of sp³-hybridized carbons (Fsp3) is 0.267. The number of hydrogen-bond acceptors (Lipinski definition) is 4. The van der Waals surface area contributed by atoms with E-state index in [4.69, 9.17) is 12.2 Å². The summed E-state index contributed by atoms with van der Waals surface area (Å²) in [4.78, 5) is 19.3. The predicted molar refractivity (Wildman–Crippen MR) is 83.0 cm³/mol. The van der Waals surface area contributed by atoms with E-state index in [9.17, 15) is 10.1 Å². The molecule has 3 rings (SSSR count). The zero-order valence-electron chi connectivity index (χ0n) is 11.3. The van der Waals surface area contributed by atoms with E-state index in [1.165, 1.54) is 11.1 Å². The van der Waals surface area contributed by atoms with E-state index >= 15 is 0 Å². The maximum atomic E-state index is 11.8. The van der Waals surface area contributed by atoms with Gasteiger partial charge in [-0.15, -0.1) is 0 Å². The molecule has 0 aliphatic carbocycles. The first-order valence-corrected chi connectivity index (χ1v) is 7.18. The van der Waals surface area contributed by atoms with Gasteiger partial charge in [0.25, 0.3) is 5.56 Å². The average Bonchev–Trinajstić information content (AvgIpc) is 2.69. The highest BCUT2D eigenvalue weighted by Crippen LogP contribution is 2.20. The third kappa shape index (κ3) is 2.60. The van der Waals surface area contributed by atoms with Gasteiger partial charge in [-0.25, -0.2) is 0 Å². The quantitative estimate of drug-likeness (QED) is 0.789. The number of H-pyrrole nitrogens is 2. The van der Waals surface area contributed by atoms with Gasteiger partial charge < -0.3 is 9.88 Å². The van der Waals surface area contributed by atoms with Gasteiger partial charge in [0, 0.05) is 13.1 Å². The molecule has 0 spiro atoms. The maximum Gasteiger partial charge on any atom is 0.271 e. The molecule has 2 aromatic rings. The molecule has 0 saturated heterocycles. The Labute approximate surface area is 126 Å². The highest BCUT2D eigenvalue weighted by atomic mass is 32.1. The molecule has 0 bridgehead atoms. The minimum absolute atomic E-state index is 0.0922. The van der Waals surface area contributed by atoms with Crippen LogP contribution in [0.2, 0.25) is 0 Å². The standard InChI is InChI=1S/C15H14N4OS/c16-9-12-13(17-15(21)18-14(12)20)19-7-5-10-3-1-2-4-11(10)6-8-19/h1-4H,5-8H2,(H2,17,18,20,21). The summed E-state index contributed by atoms with van der Waals surface area (Å²) in [5.74, 6) is 0.527. The fourth-order valence-corrected chi connectivity index (χ4v) is 2.90. The molecule has 106 valence electrons. The number of aromatic amines is 2. The molecular weight excluding hydrogens is 284 g/mol. The second-order valence-corrected chi connectivity index (χ2v) is 5.41. The second-order valence-electron chi connectivity index (χ2n) is 5.00. The van der Waals surface area contributed by atoms with Crippen LogP contribution in [0.3, 0.4) is 0 Å². The molecule has 0 saturated carbocycles. The smallest absolute Gasteiger partial charge is 0.271 e. The van der Waals surface area contributed by atoms with Gasteiger partial charge in [-0.05, 0) is 36.2 Å². The Morgan fingerprint density at radius 2 is 1.76 bits per heavy atom. The first-order valence-electron chi connectivity index (χ1n) is 6.77. The lowest BCUT2D eigenvalue weighted by Gasteiger charge is -2.22. The Hall–Kier alpha value is -2.39. The molecule has 21 heavy (non-hydrogen) atoms. The fourth-order valence-electron chi connectivity index (χ4n) is 2.71. The maximum absolute atomic E-state index is 11.8. The highest BCUT2D eigenvalue weighted by molar-refractivity contribution is 7.71. The van der Waals surface area contributed by atoms with Crippen molar-refractivity contribution in [1.29, 1.82) is 5.26 Å². The number of benzene rings is 1. The lowest BCUT2D eigenvalue weighted by atomic mass is 10.0. The van der Waals surface area contributed by atoms with Crippen LogP contribution in [0.25, 0.3) is 0 Å². The van der Waals surface area contributed by atoms with E-state index in [0.717, 1.165) is 25.9 Å². The van der Waals surface area contributed by atoms with Crippen molar-refractivity contribution in [3.63, 3.8) is 0 Å². The van der Waals surface area contributed by atoms with E-state index < -0.39 is 5.56 Å². The van der Waals surface area contributed by atoms with Crippen LogP contribution in [0.15, 0.2) is 29.1 Å². The molecule has 1 aliphatic heterocycles. The van der Waals surface area contributed by atoms with Gasteiger partial charge in [0.15, 0.2) is 10.3 Å².